The molecule has 0 aliphatic rings. The second-order valence-electron chi connectivity index (χ2n) is 2.63. The Morgan fingerprint density at radius 2 is 1.71 bits per heavy atom. The van der Waals surface area contributed by atoms with Gasteiger partial charge in [-0.15, -0.1) is 13.2 Å². The third-order valence-electron chi connectivity index (χ3n) is 1.54. The molecule has 0 bridgehead atoms. The molecular formula is C8H7F3O3. The van der Waals surface area contributed by atoms with Crippen LogP contribution in [-0.2, 0) is 0 Å². The van der Waals surface area contributed by atoms with Crippen LogP contribution in [0.25, 0.3) is 0 Å². The number of halogens is 3. The van der Waals surface area contributed by atoms with Crippen LogP contribution in [0, 0.1) is 6.92 Å². The molecule has 0 amide bonds. The van der Waals surface area contributed by atoms with Gasteiger partial charge in [0.25, 0.3) is 0 Å². The molecule has 14 heavy (non-hydrogen) atoms. The van der Waals surface area contributed by atoms with E-state index in [1.165, 1.54) is 13.0 Å². The summed E-state index contributed by atoms with van der Waals surface area (Å²) in [6, 6.07) is 2.13. The second kappa shape index (κ2) is 3.28. The molecule has 0 spiro atoms. The Morgan fingerprint density at radius 1 is 1.14 bits per heavy atom. The van der Waals surface area contributed by atoms with E-state index in [4.69, 9.17) is 10.2 Å². The number of hydrogen-bond acceptors (Lipinski definition) is 3. The van der Waals surface area contributed by atoms with Crippen LogP contribution in [-0.4, -0.2) is 16.6 Å². The summed E-state index contributed by atoms with van der Waals surface area (Å²) >= 11 is 0. The van der Waals surface area contributed by atoms with Crippen LogP contribution in [0.5, 0.6) is 17.2 Å². The second-order valence-corrected chi connectivity index (χ2v) is 2.63. The lowest BCUT2D eigenvalue weighted by Gasteiger charge is -2.11. The van der Waals surface area contributed by atoms with Gasteiger partial charge in [0.2, 0.25) is 5.75 Å². The summed E-state index contributed by atoms with van der Waals surface area (Å²) in [6.07, 6.45) is -4.89. The van der Waals surface area contributed by atoms with Crippen molar-refractivity contribution in [2.75, 3.05) is 0 Å². The lowest BCUT2D eigenvalue weighted by molar-refractivity contribution is -0.275. The highest BCUT2D eigenvalue weighted by atomic mass is 19.4. The Kier molecular flexibility index (Phi) is 2.46. The van der Waals surface area contributed by atoms with E-state index in [2.05, 4.69) is 4.74 Å². The minimum absolute atomic E-state index is 0.261. The molecule has 6 heteroatoms. The van der Waals surface area contributed by atoms with Crippen molar-refractivity contribution < 1.29 is 28.1 Å². The van der Waals surface area contributed by atoms with E-state index in [0.717, 1.165) is 6.07 Å². The molecule has 0 saturated carbocycles. The van der Waals surface area contributed by atoms with Crippen molar-refractivity contribution in [1.29, 1.82) is 0 Å². The average Bonchev–Trinajstić information content (AvgIpc) is 2.04. The largest absolute Gasteiger partial charge is 0.573 e. The van der Waals surface area contributed by atoms with Gasteiger partial charge in [0.05, 0.1) is 0 Å². The molecular weight excluding hydrogens is 201 g/mol. The first kappa shape index (κ1) is 10.5. The summed E-state index contributed by atoms with van der Waals surface area (Å²) in [4.78, 5) is 0. The number of benzene rings is 1. The molecule has 1 aromatic rings. The monoisotopic (exact) mass is 208 g/mol. The molecule has 0 aliphatic carbocycles. The fourth-order valence-corrected chi connectivity index (χ4v) is 0.869. The van der Waals surface area contributed by atoms with Crippen molar-refractivity contribution in [3.63, 3.8) is 0 Å². The molecule has 0 radical (unpaired) electrons. The summed E-state index contributed by atoms with van der Waals surface area (Å²) in [7, 11) is 0. The third kappa shape index (κ3) is 2.21. The Morgan fingerprint density at radius 3 is 2.21 bits per heavy atom. The van der Waals surface area contributed by atoms with E-state index in [1.807, 2.05) is 0 Å². The number of hydrogen-bond donors (Lipinski definition) is 2. The van der Waals surface area contributed by atoms with Gasteiger partial charge in [-0.2, -0.15) is 0 Å². The smallest absolute Gasteiger partial charge is 0.504 e. The SMILES string of the molecule is Cc1ccc(OC(F)(F)F)c(O)c1O. The van der Waals surface area contributed by atoms with Gasteiger partial charge in [-0.3, -0.25) is 0 Å². The zero-order chi connectivity index (χ0) is 10.9. The zero-order valence-electron chi connectivity index (χ0n) is 7.09. The number of ether oxygens (including phenoxy) is 1. The van der Waals surface area contributed by atoms with Crippen LogP contribution >= 0.6 is 0 Å². The van der Waals surface area contributed by atoms with E-state index in [-0.39, 0.29) is 5.56 Å². The maximum atomic E-state index is 11.7. The molecule has 2 N–H and O–H groups in total. The molecule has 0 atom stereocenters. The van der Waals surface area contributed by atoms with Crippen LogP contribution in [0.2, 0.25) is 0 Å². The van der Waals surface area contributed by atoms with Crippen molar-refractivity contribution in [2.24, 2.45) is 0 Å². The van der Waals surface area contributed by atoms with Crippen molar-refractivity contribution in [3.8, 4) is 17.2 Å². The van der Waals surface area contributed by atoms with Gasteiger partial charge in [-0.05, 0) is 18.6 Å². The van der Waals surface area contributed by atoms with E-state index >= 15 is 0 Å². The highest BCUT2D eigenvalue weighted by Crippen LogP contribution is 2.39. The van der Waals surface area contributed by atoms with E-state index in [0.29, 0.717) is 0 Å². The fourth-order valence-electron chi connectivity index (χ4n) is 0.869. The predicted octanol–water partition coefficient (Wildman–Crippen LogP) is 2.30. The zero-order valence-corrected chi connectivity index (χ0v) is 7.09. The summed E-state index contributed by atoms with van der Waals surface area (Å²) in [5.41, 5.74) is 0.261. The summed E-state index contributed by atoms with van der Waals surface area (Å²) < 4.78 is 38.7. The molecule has 0 aliphatic heterocycles. The Hall–Kier alpha value is -1.59. The lowest BCUT2D eigenvalue weighted by atomic mass is 10.2. The Bertz CT molecular complexity index is 346. The standard InChI is InChI=1S/C8H7F3O3/c1-4-2-3-5(7(13)6(4)12)14-8(9,10)11/h2-3,12-13H,1H3. The topological polar surface area (TPSA) is 49.7 Å². The molecule has 0 aromatic heterocycles. The molecule has 3 nitrogen and oxygen atoms in total. The maximum absolute atomic E-state index is 11.7. The third-order valence-corrected chi connectivity index (χ3v) is 1.54. The Balaban J connectivity index is 3.06. The van der Waals surface area contributed by atoms with Gasteiger partial charge in [0, 0.05) is 0 Å². The molecule has 0 saturated heterocycles. The molecule has 0 heterocycles. The number of phenolic OH excluding ortho intramolecular Hbond substituents is 2. The number of alkyl halides is 3. The van der Waals surface area contributed by atoms with Crippen LogP contribution in [0.15, 0.2) is 12.1 Å². The lowest BCUT2D eigenvalue weighted by Crippen LogP contribution is -2.17. The van der Waals surface area contributed by atoms with E-state index in [1.54, 1.807) is 0 Å². The number of aryl methyl sites for hydroxylation is 1. The molecule has 1 rings (SSSR count). The number of aromatic hydroxyl groups is 2. The average molecular weight is 208 g/mol. The van der Waals surface area contributed by atoms with Gasteiger partial charge >= 0.3 is 6.36 Å². The van der Waals surface area contributed by atoms with Crippen molar-refractivity contribution >= 4 is 0 Å². The quantitative estimate of drug-likeness (QED) is 0.696. The first-order valence-electron chi connectivity index (χ1n) is 3.58. The summed E-state index contributed by atoms with van der Waals surface area (Å²) in [6.45, 7) is 1.44. The van der Waals surface area contributed by atoms with Crippen LogP contribution in [0.4, 0.5) is 13.2 Å². The van der Waals surface area contributed by atoms with Crippen molar-refractivity contribution in [3.05, 3.63) is 17.7 Å². The summed E-state index contributed by atoms with van der Waals surface area (Å²) in [5.74, 6) is -2.35. The van der Waals surface area contributed by atoms with Gasteiger partial charge in [-0.1, -0.05) is 6.07 Å². The fraction of sp³-hybridized carbons (Fsp3) is 0.250. The van der Waals surface area contributed by atoms with Crippen LogP contribution < -0.4 is 4.74 Å². The van der Waals surface area contributed by atoms with Gasteiger partial charge < -0.3 is 14.9 Å². The number of phenols is 2. The van der Waals surface area contributed by atoms with E-state index in [9.17, 15) is 13.2 Å². The molecule has 0 fully saturated rings. The minimum atomic E-state index is -4.89. The molecule has 0 unspecified atom stereocenters. The highest BCUT2D eigenvalue weighted by molar-refractivity contribution is 5.53. The van der Waals surface area contributed by atoms with E-state index < -0.39 is 23.6 Å². The maximum Gasteiger partial charge on any atom is 0.573 e. The van der Waals surface area contributed by atoms with Gasteiger partial charge in [0.15, 0.2) is 11.5 Å². The van der Waals surface area contributed by atoms with Gasteiger partial charge in [-0.25, -0.2) is 0 Å². The summed E-state index contributed by atoms with van der Waals surface area (Å²) in [5, 5.41) is 18.2. The normalized spacial score (nSPS) is 11.4. The molecule has 1 aromatic carbocycles. The Labute approximate surface area is 77.4 Å². The van der Waals surface area contributed by atoms with Crippen molar-refractivity contribution in [2.45, 2.75) is 13.3 Å². The first-order valence-corrected chi connectivity index (χ1v) is 3.58. The highest BCUT2D eigenvalue weighted by Gasteiger charge is 2.32. The minimum Gasteiger partial charge on any atom is -0.504 e. The van der Waals surface area contributed by atoms with Crippen LogP contribution in [0.3, 0.4) is 0 Å². The van der Waals surface area contributed by atoms with Gasteiger partial charge in [0.1, 0.15) is 0 Å². The predicted molar refractivity (Wildman–Crippen MR) is 41.2 cm³/mol. The number of rotatable bonds is 1. The molecule has 78 valence electrons. The first-order chi connectivity index (χ1) is 6.31. The van der Waals surface area contributed by atoms with Crippen molar-refractivity contribution in [1.82, 2.24) is 0 Å². The van der Waals surface area contributed by atoms with Crippen LogP contribution in [0.1, 0.15) is 5.56 Å².